The average Bonchev–Trinajstić information content (AvgIpc) is 2.81. The molecule has 0 aliphatic rings. The molecule has 172 valence electrons. The lowest BCUT2D eigenvalue weighted by atomic mass is 10.0. The SMILES string of the molecule is CCCCCSC[C@H](NC(=O)N(CCC)C(=O)c1cccc(-c2ccccc2)c1)C(=O)O. The number of hydrogen-bond donors (Lipinski definition) is 2. The predicted octanol–water partition coefficient (Wildman–Crippen LogP) is 5.29. The number of unbranched alkanes of at least 4 members (excludes halogenated alkanes) is 2. The van der Waals surface area contributed by atoms with Crippen molar-refractivity contribution in [2.45, 2.75) is 45.6 Å². The zero-order valence-corrected chi connectivity index (χ0v) is 19.6. The van der Waals surface area contributed by atoms with Gasteiger partial charge in [0.1, 0.15) is 6.04 Å². The third kappa shape index (κ3) is 7.71. The highest BCUT2D eigenvalue weighted by Gasteiger charge is 2.27. The molecule has 2 N–H and O–H groups in total. The molecule has 0 unspecified atom stereocenters. The van der Waals surface area contributed by atoms with E-state index >= 15 is 0 Å². The molecule has 0 bridgehead atoms. The fourth-order valence-electron chi connectivity index (χ4n) is 3.19. The minimum Gasteiger partial charge on any atom is -0.480 e. The number of imide groups is 1. The van der Waals surface area contributed by atoms with Gasteiger partial charge in [-0.2, -0.15) is 11.8 Å². The number of hydrogen-bond acceptors (Lipinski definition) is 4. The van der Waals surface area contributed by atoms with Crippen LogP contribution in [0.15, 0.2) is 54.6 Å². The van der Waals surface area contributed by atoms with E-state index in [0.29, 0.717) is 12.0 Å². The van der Waals surface area contributed by atoms with Gasteiger partial charge in [-0.1, -0.05) is 69.2 Å². The Balaban J connectivity index is 2.11. The molecule has 2 rings (SSSR count). The highest BCUT2D eigenvalue weighted by Crippen LogP contribution is 2.21. The molecule has 0 aliphatic heterocycles. The van der Waals surface area contributed by atoms with Crippen molar-refractivity contribution in [2.75, 3.05) is 18.1 Å². The van der Waals surface area contributed by atoms with E-state index in [0.717, 1.165) is 41.0 Å². The maximum absolute atomic E-state index is 13.2. The highest BCUT2D eigenvalue weighted by atomic mass is 32.2. The summed E-state index contributed by atoms with van der Waals surface area (Å²) in [4.78, 5) is 38.8. The topological polar surface area (TPSA) is 86.7 Å². The lowest BCUT2D eigenvalue weighted by Gasteiger charge is -2.23. The van der Waals surface area contributed by atoms with Crippen LogP contribution in [-0.2, 0) is 4.79 Å². The molecular formula is C25H32N2O4S. The summed E-state index contributed by atoms with van der Waals surface area (Å²) in [5, 5.41) is 12.1. The van der Waals surface area contributed by atoms with Gasteiger partial charge in [0.05, 0.1) is 0 Å². The fraction of sp³-hybridized carbons (Fsp3) is 0.400. The Morgan fingerprint density at radius 3 is 2.34 bits per heavy atom. The summed E-state index contributed by atoms with van der Waals surface area (Å²) in [5.41, 5.74) is 2.23. The van der Waals surface area contributed by atoms with Crippen LogP contribution in [0.3, 0.4) is 0 Å². The van der Waals surface area contributed by atoms with E-state index < -0.39 is 23.9 Å². The van der Waals surface area contributed by atoms with E-state index in [-0.39, 0.29) is 12.3 Å². The van der Waals surface area contributed by atoms with Gasteiger partial charge >= 0.3 is 12.0 Å². The van der Waals surface area contributed by atoms with Crippen molar-refractivity contribution in [3.8, 4) is 11.1 Å². The van der Waals surface area contributed by atoms with Gasteiger partial charge in [-0.05, 0) is 41.9 Å². The van der Waals surface area contributed by atoms with Crippen LogP contribution in [0, 0.1) is 0 Å². The number of thioether (sulfide) groups is 1. The van der Waals surface area contributed by atoms with E-state index in [2.05, 4.69) is 12.2 Å². The maximum Gasteiger partial charge on any atom is 0.327 e. The first kappa shape index (κ1) is 25.5. The molecule has 1 atom stereocenters. The Morgan fingerprint density at radius 1 is 0.969 bits per heavy atom. The van der Waals surface area contributed by atoms with Crippen molar-refractivity contribution < 1.29 is 19.5 Å². The number of rotatable bonds is 12. The van der Waals surface area contributed by atoms with E-state index in [4.69, 9.17) is 0 Å². The zero-order chi connectivity index (χ0) is 23.3. The van der Waals surface area contributed by atoms with Crippen LogP contribution in [-0.4, -0.2) is 52.0 Å². The standard InChI is InChI=1S/C25H32N2O4S/c1-3-5-9-16-32-18-22(24(29)30)26-25(31)27(15-4-2)23(28)21-14-10-13-20(17-21)19-11-7-6-8-12-19/h6-8,10-14,17,22H,3-5,9,15-16,18H2,1-2H3,(H,26,31)(H,29,30)/t22-/m0/s1. The van der Waals surface area contributed by atoms with E-state index in [1.165, 1.54) is 11.8 Å². The Morgan fingerprint density at radius 2 is 1.69 bits per heavy atom. The molecular weight excluding hydrogens is 424 g/mol. The molecule has 2 aromatic carbocycles. The summed E-state index contributed by atoms with van der Waals surface area (Å²) in [7, 11) is 0. The summed E-state index contributed by atoms with van der Waals surface area (Å²) < 4.78 is 0. The van der Waals surface area contributed by atoms with Crippen LogP contribution in [0.5, 0.6) is 0 Å². The summed E-state index contributed by atoms with van der Waals surface area (Å²) in [6.07, 6.45) is 3.78. The number of aliphatic carboxylic acids is 1. The maximum atomic E-state index is 13.2. The minimum atomic E-state index is -1.10. The molecule has 0 heterocycles. The Hall–Kier alpha value is -2.80. The van der Waals surface area contributed by atoms with Crippen LogP contribution >= 0.6 is 11.8 Å². The van der Waals surface area contributed by atoms with Gasteiger partial charge in [-0.25, -0.2) is 9.59 Å². The number of nitrogens with one attached hydrogen (secondary N) is 1. The number of carbonyl (C=O) groups excluding carboxylic acids is 2. The summed E-state index contributed by atoms with van der Waals surface area (Å²) in [6.45, 7) is 4.18. The van der Waals surface area contributed by atoms with Gasteiger partial charge < -0.3 is 10.4 Å². The minimum absolute atomic E-state index is 0.205. The molecule has 6 nitrogen and oxygen atoms in total. The molecule has 0 fully saturated rings. The molecule has 3 amide bonds. The number of urea groups is 1. The largest absolute Gasteiger partial charge is 0.480 e. The first-order chi connectivity index (χ1) is 15.5. The molecule has 32 heavy (non-hydrogen) atoms. The number of amides is 3. The molecule has 0 saturated heterocycles. The first-order valence-electron chi connectivity index (χ1n) is 11.1. The van der Waals surface area contributed by atoms with Crippen molar-refractivity contribution in [3.05, 3.63) is 60.2 Å². The van der Waals surface area contributed by atoms with Crippen molar-refractivity contribution in [1.82, 2.24) is 10.2 Å². The van der Waals surface area contributed by atoms with Gasteiger partial charge in [-0.15, -0.1) is 0 Å². The number of benzene rings is 2. The lowest BCUT2D eigenvalue weighted by Crippen LogP contribution is -2.51. The second-order valence-electron chi connectivity index (χ2n) is 7.53. The Labute approximate surface area is 194 Å². The third-order valence-electron chi connectivity index (χ3n) is 4.93. The third-order valence-corrected chi connectivity index (χ3v) is 6.07. The van der Waals surface area contributed by atoms with Crippen LogP contribution < -0.4 is 5.32 Å². The highest BCUT2D eigenvalue weighted by molar-refractivity contribution is 7.99. The van der Waals surface area contributed by atoms with E-state index in [1.54, 1.807) is 18.2 Å². The van der Waals surface area contributed by atoms with Gasteiger partial charge in [0, 0.05) is 17.9 Å². The number of carbonyl (C=O) groups is 3. The van der Waals surface area contributed by atoms with Crippen LogP contribution in [0.1, 0.15) is 49.9 Å². The van der Waals surface area contributed by atoms with Crippen LogP contribution in [0.2, 0.25) is 0 Å². The normalized spacial score (nSPS) is 11.6. The van der Waals surface area contributed by atoms with Gasteiger partial charge in [0.2, 0.25) is 0 Å². The molecule has 0 spiro atoms. The zero-order valence-electron chi connectivity index (χ0n) is 18.8. The fourth-order valence-corrected chi connectivity index (χ4v) is 4.23. The average molecular weight is 457 g/mol. The number of carboxylic acid groups (broad SMARTS) is 1. The number of carboxylic acids is 1. The first-order valence-corrected chi connectivity index (χ1v) is 12.2. The summed E-state index contributed by atoms with van der Waals surface area (Å²) >= 11 is 1.50. The second-order valence-corrected chi connectivity index (χ2v) is 8.68. The van der Waals surface area contributed by atoms with Gasteiger partial charge in [0.25, 0.3) is 5.91 Å². The monoisotopic (exact) mass is 456 g/mol. The molecule has 2 aromatic rings. The van der Waals surface area contributed by atoms with Crippen molar-refractivity contribution in [1.29, 1.82) is 0 Å². The predicted molar refractivity (Wildman–Crippen MR) is 130 cm³/mol. The molecule has 0 saturated carbocycles. The summed E-state index contributed by atoms with van der Waals surface area (Å²) in [5.74, 6) is -0.432. The van der Waals surface area contributed by atoms with Crippen LogP contribution in [0.4, 0.5) is 4.79 Å². The van der Waals surface area contributed by atoms with E-state index in [1.807, 2.05) is 43.3 Å². The van der Waals surface area contributed by atoms with Gasteiger partial charge in [-0.3, -0.25) is 9.69 Å². The smallest absolute Gasteiger partial charge is 0.327 e. The van der Waals surface area contributed by atoms with Crippen molar-refractivity contribution >= 4 is 29.7 Å². The van der Waals surface area contributed by atoms with Gasteiger partial charge in [0.15, 0.2) is 0 Å². The molecule has 0 aromatic heterocycles. The number of nitrogens with zero attached hydrogens (tertiary/aromatic N) is 1. The Kier molecular flexibility index (Phi) is 10.8. The van der Waals surface area contributed by atoms with Crippen molar-refractivity contribution in [3.63, 3.8) is 0 Å². The second kappa shape index (κ2) is 13.6. The molecule has 0 radical (unpaired) electrons. The summed E-state index contributed by atoms with van der Waals surface area (Å²) in [6, 6.07) is 15.1. The van der Waals surface area contributed by atoms with E-state index in [9.17, 15) is 19.5 Å². The quantitative estimate of drug-likeness (QED) is 0.424. The Bertz CT molecular complexity index is 889. The molecule has 7 heteroatoms. The molecule has 0 aliphatic carbocycles. The lowest BCUT2D eigenvalue weighted by molar-refractivity contribution is -0.138. The van der Waals surface area contributed by atoms with Crippen molar-refractivity contribution in [2.24, 2.45) is 0 Å². The van der Waals surface area contributed by atoms with Crippen LogP contribution in [0.25, 0.3) is 11.1 Å².